The molecule has 0 bridgehead atoms. The number of alkyl halides is 2. The van der Waals surface area contributed by atoms with E-state index in [1.54, 1.807) is 0 Å². The van der Waals surface area contributed by atoms with Crippen molar-refractivity contribution in [2.45, 2.75) is 25.2 Å². The van der Waals surface area contributed by atoms with Gasteiger partial charge in [-0.15, -0.1) is 0 Å². The van der Waals surface area contributed by atoms with E-state index >= 15 is 0 Å². The molecule has 0 radical (unpaired) electrons. The number of benzene rings is 1. The van der Waals surface area contributed by atoms with Gasteiger partial charge in [-0.05, 0) is 36.5 Å². The molecule has 8 heteroatoms. The minimum absolute atomic E-state index is 0.0790. The Morgan fingerprint density at radius 2 is 2.13 bits per heavy atom. The van der Waals surface area contributed by atoms with Gasteiger partial charge in [0, 0.05) is 23.1 Å². The molecule has 23 heavy (non-hydrogen) atoms. The predicted molar refractivity (Wildman–Crippen MR) is 82.1 cm³/mol. The van der Waals surface area contributed by atoms with E-state index in [4.69, 9.17) is 4.74 Å². The van der Waals surface area contributed by atoms with Crippen LogP contribution in [0.1, 0.15) is 18.4 Å². The van der Waals surface area contributed by atoms with E-state index in [-0.39, 0.29) is 28.9 Å². The highest BCUT2D eigenvalue weighted by molar-refractivity contribution is 7.84. The van der Waals surface area contributed by atoms with Gasteiger partial charge in [0.15, 0.2) is 11.5 Å². The summed E-state index contributed by atoms with van der Waals surface area (Å²) in [5.41, 5.74) is 0.622. The molecule has 0 spiro atoms. The third-order valence-corrected chi connectivity index (χ3v) is 4.59. The quantitative estimate of drug-likeness (QED) is 0.743. The fourth-order valence-corrected chi connectivity index (χ4v) is 3.06. The van der Waals surface area contributed by atoms with E-state index in [1.807, 2.05) is 0 Å². The van der Waals surface area contributed by atoms with Crippen LogP contribution in [0.5, 0.6) is 11.5 Å². The predicted octanol–water partition coefficient (Wildman–Crippen LogP) is 2.07. The van der Waals surface area contributed by atoms with Crippen molar-refractivity contribution in [1.82, 2.24) is 5.32 Å². The molecule has 0 aliphatic heterocycles. The van der Waals surface area contributed by atoms with E-state index in [2.05, 4.69) is 10.1 Å². The van der Waals surface area contributed by atoms with Gasteiger partial charge in [0.25, 0.3) is 0 Å². The Morgan fingerprint density at radius 1 is 1.39 bits per heavy atom. The largest absolute Gasteiger partial charge is 0.493 e. The topological polar surface area (TPSA) is 64.6 Å². The molecule has 1 aromatic carbocycles. The molecule has 0 heterocycles. The van der Waals surface area contributed by atoms with Crippen LogP contribution in [0.25, 0.3) is 0 Å². The number of hydrogen-bond acceptors (Lipinski definition) is 4. The summed E-state index contributed by atoms with van der Waals surface area (Å²) in [6.07, 6.45) is 2.27. The van der Waals surface area contributed by atoms with Crippen LogP contribution in [0, 0.1) is 5.92 Å². The highest BCUT2D eigenvalue weighted by Crippen LogP contribution is 2.30. The molecule has 1 atom stereocenters. The molecular formula is C15H19F2NO4S. The first-order valence-corrected chi connectivity index (χ1v) is 8.70. The second-order valence-electron chi connectivity index (χ2n) is 5.34. The Hall–Kier alpha value is -1.70. The van der Waals surface area contributed by atoms with Crippen LogP contribution in [0.15, 0.2) is 18.2 Å². The second kappa shape index (κ2) is 8.24. The molecule has 1 saturated carbocycles. The Labute approximate surface area is 135 Å². The Bertz CT molecular complexity index is 579. The first-order valence-electron chi connectivity index (χ1n) is 7.21. The zero-order chi connectivity index (χ0) is 16.8. The third kappa shape index (κ3) is 6.13. The number of carbonyl (C=O) groups excluding carboxylic acids is 1. The minimum atomic E-state index is -2.95. The third-order valence-electron chi connectivity index (χ3n) is 3.35. The zero-order valence-corrected chi connectivity index (χ0v) is 13.5. The van der Waals surface area contributed by atoms with Gasteiger partial charge in [-0.3, -0.25) is 9.00 Å². The van der Waals surface area contributed by atoms with Crippen molar-refractivity contribution in [3.63, 3.8) is 0 Å². The van der Waals surface area contributed by atoms with Crippen molar-refractivity contribution in [1.29, 1.82) is 0 Å². The van der Waals surface area contributed by atoms with Gasteiger partial charge in [-0.2, -0.15) is 8.78 Å². The second-order valence-corrected chi connectivity index (χ2v) is 6.80. The maximum Gasteiger partial charge on any atom is 0.387 e. The van der Waals surface area contributed by atoms with Crippen molar-refractivity contribution in [2.75, 3.05) is 19.4 Å². The molecule has 0 unspecified atom stereocenters. The van der Waals surface area contributed by atoms with Crippen LogP contribution in [0.4, 0.5) is 8.78 Å². The lowest BCUT2D eigenvalue weighted by Crippen LogP contribution is -2.30. The molecule has 0 aromatic heterocycles. The minimum Gasteiger partial charge on any atom is -0.493 e. The highest BCUT2D eigenvalue weighted by atomic mass is 32.2. The SMILES string of the molecule is COc1cc(C[S@@](=O)CC(=O)NCC2CC2)ccc1OC(F)F. The van der Waals surface area contributed by atoms with Gasteiger partial charge in [-0.1, -0.05) is 6.07 Å². The molecular weight excluding hydrogens is 328 g/mol. The lowest BCUT2D eigenvalue weighted by atomic mass is 10.2. The maximum absolute atomic E-state index is 12.3. The van der Waals surface area contributed by atoms with Crippen LogP contribution >= 0.6 is 0 Å². The van der Waals surface area contributed by atoms with Gasteiger partial charge in [-0.25, -0.2) is 0 Å². The molecule has 2 rings (SSSR count). The maximum atomic E-state index is 12.3. The van der Waals surface area contributed by atoms with Gasteiger partial charge in [0.05, 0.1) is 7.11 Å². The van der Waals surface area contributed by atoms with Gasteiger partial charge >= 0.3 is 6.61 Å². The molecule has 0 saturated heterocycles. The molecule has 1 fully saturated rings. The van der Waals surface area contributed by atoms with Crippen LogP contribution in [-0.4, -0.2) is 36.1 Å². The number of methoxy groups -OCH3 is 1. The van der Waals surface area contributed by atoms with E-state index in [0.717, 1.165) is 12.8 Å². The van der Waals surface area contributed by atoms with Crippen LogP contribution in [-0.2, 0) is 21.3 Å². The average molecular weight is 347 g/mol. The molecule has 5 nitrogen and oxygen atoms in total. The summed E-state index contributed by atoms with van der Waals surface area (Å²) in [5.74, 6) is 0.447. The number of halogens is 2. The molecule has 1 amide bonds. The summed E-state index contributed by atoms with van der Waals surface area (Å²) in [7, 11) is -0.0465. The molecule has 128 valence electrons. The Balaban J connectivity index is 1.87. The average Bonchev–Trinajstić information content (AvgIpc) is 3.30. The van der Waals surface area contributed by atoms with Crippen LogP contribution < -0.4 is 14.8 Å². The number of hydrogen-bond donors (Lipinski definition) is 1. The standard InChI is InChI=1S/C15H19F2NO4S/c1-21-13-6-11(4-5-12(13)22-15(16)17)8-23(20)9-14(19)18-7-10-2-3-10/h4-6,10,15H,2-3,7-9H2,1H3,(H,18,19)/t23-/m1/s1. The van der Waals surface area contributed by atoms with E-state index in [0.29, 0.717) is 18.0 Å². The number of amides is 1. The summed E-state index contributed by atoms with van der Waals surface area (Å²) in [6.45, 7) is -2.30. The van der Waals surface area contributed by atoms with Gasteiger partial charge in [0.1, 0.15) is 5.75 Å². The van der Waals surface area contributed by atoms with Crippen molar-refractivity contribution < 1.29 is 27.3 Å². The molecule has 1 N–H and O–H groups in total. The normalized spacial score (nSPS) is 15.3. The summed E-state index contributed by atoms with van der Waals surface area (Å²) in [5, 5.41) is 2.75. The monoisotopic (exact) mass is 347 g/mol. The molecule has 1 aliphatic rings. The lowest BCUT2D eigenvalue weighted by molar-refractivity contribution is -0.118. The number of nitrogens with one attached hydrogen (secondary N) is 1. The van der Waals surface area contributed by atoms with Crippen molar-refractivity contribution in [3.05, 3.63) is 23.8 Å². The number of carbonyl (C=O) groups is 1. The first-order chi connectivity index (χ1) is 11.0. The van der Waals surface area contributed by atoms with Crippen LogP contribution in [0.3, 0.4) is 0 Å². The van der Waals surface area contributed by atoms with E-state index in [9.17, 15) is 17.8 Å². The van der Waals surface area contributed by atoms with Crippen molar-refractivity contribution in [2.24, 2.45) is 5.92 Å². The molecule has 1 aliphatic carbocycles. The fourth-order valence-electron chi connectivity index (χ4n) is 2.01. The van der Waals surface area contributed by atoms with Crippen molar-refractivity contribution in [3.8, 4) is 11.5 Å². The smallest absolute Gasteiger partial charge is 0.387 e. The lowest BCUT2D eigenvalue weighted by Gasteiger charge is -2.11. The highest BCUT2D eigenvalue weighted by Gasteiger charge is 2.22. The van der Waals surface area contributed by atoms with Gasteiger partial charge in [0.2, 0.25) is 5.91 Å². The van der Waals surface area contributed by atoms with Gasteiger partial charge < -0.3 is 14.8 Å². The van der Waals surface area contributed by atoms with Crippen LogP contribution in [0.2, 0.25) is 0 Å². The van der Waals surface area contributed by atoms with E-state index in [1.165, 1.54) is 25.3 Å². The first kappa shape index (κ1) is 17.7. The van der Waals surface area contributed by atoms with Crippen molar-refractivity contribution >= 4 is 16.7 Å². The number of rotatable bonds is 9. The summed E-state index contributed by atoms with van der Waals surface area (Å²) in [4.78, 5) is 11.6. The Kier molecular flexibility index (Phi) is 6.32. The fraction of sp³-hybridized carbons (Fsp3) is 0.533. The molecule has 1 aromatic rings. The summed E-state index contributed by atoms with van der Waals surface area (Å²) in [6, 6.07) is 4.35. The summed E-state index contributed by atoms with van der Waals surface area (Å²) >= 11 is 0. The summed E-state index contributed by atoms with van der Waals surface area (Å²) < 4.78 is 45.8. The zero-order valence-electron chi connectivity index (χ0n) is 12.7. The number of ether oxygens (including phenoxy) is 2. The van der Waals surface area contributed by atoms with E-state index < -0.39 is 17.4 Å². The Morgan fingerprint density at radius 3 is 2.74 bits per heavy atom.